The van der Waals surface area contributed by atoms with Gasteiger partial charge in [0.1, 0.15) is 17.3 Å². The van der Waals surface area contributed by atoms with Crippen LogP contribution in [0.5, 0.6) is 0 Å². The zero-order chi connectivity index (χ0) is 13.8. The van der Waals surface area contributed by atoms with Gasteiger partial charge in [-0.15, -0.1) is 0 Å². The summed E-state index contributed by atoms with van der Waals surface area (Å²) in [5, 5.41) is 10.8. The highest BCUT2D eigenvalue weighted by molar-refractivity contribution is 6.04. The summed E-state index contributed by atoms with van der Waals surface area (Å²) in [7, 11) is 0. The van der Waals surface area contributed by atoms with E-state index in [1.165, 1.54) is 30.3 Å². The molecule has 2 aromatic rings. The van der Waals surface area contributed by atoms with Crippen LogP contribution in [0.1, 0.15) is 15.9 Å². The highest BCUT2D eigenvalue weighted by atomic mass is 19.1. The van der Waals surface area contributed by atoms with Crippen LogP contribution in [-0.4, -0.2) is 5.91 Å². The molecule has 0 spiro atoms. The van der Waals surface area contributed by atoms with Gasteiger partial charge in [-0.05, 0) is 36.4 Å². The Kier molecular flexibility index (Phi) is 3.53. The van der Waals surface area contributed by atoms with E-state index in [-0.39, 0.29) is 5.56 Å². The molecule has 3 nitrogen and oxygen atoms in total. The molecule has 0 aliphatic carbocycles. The summed E-state index contributed by atoms with van der Waals surface area (Å²) in [6.45, 7) is 0. The summed E-state index contributed by atoms with van der Waals surface area (Å²) in [6.07, 6.45) is 0. The number of amides is 1. The summed E-state index contributed by atoms with van der Waals surface area (Å²) < 4.78 is 26.7. The van der Waals surface area contributed by atoms with Crippen LogP contribution < -0.4 is 5.32 Å². The molecule has 0 fully saturated rings. The summed E-state index contributed by atoms with van der Waals surface area (Å²) in [4.78, 5) is 11.8. The van der Waals surface area contributed by atoms with Crippen LogP contribution in [0.15, 0.2) is 42.5 Å². The second-order valence-electron chi connectivity index (χ2n) is 3.74. The molecule has 0 bridgehead atoms. The van der Waals surface area contributed by atoms with Crippen LogP contribution in [0.25, 0.3) is 0 Å². The molecule has 0 aliphatic heterocycles. The highest BCUT2D eigenvalue weighted by Gasteiger charge is 2.13. The molecule has 0 saturated carbocycles. The number of para-hydroxylation sites is 1. The molecular weight excluding hydrogens is 250 g/mol. The second-order valence-corrected chi connectivity index (χ2v) is 3.74. The number of nitrogens with one attached hydrogen (secondary N) is 1. The first-order chi connectivity index (χ1) is 9.11. The first kappa shape index (κ1) is 12.7. The lowest BCUT2D eigenvalue weighted by molar-refractivity contribution is 0.102. The molecule has 0 aromatic heterocycles. The van der Waals surface area contributed by atoms with Gasteiger partial charge in [0.25, 0.3) is 5.91 Å². The maximum absolute atomic E-state index is 13.3. The first-order valence-electron chi connectivity index (χ1n) is 5.37. The Bertz CT molecular complexity index is 640. The number of benzene rings is 2. The molecule has 0 atom stereocenters. The molecule has 94 valence electrons. The topological polar surface area (TPSA) is 52.9 Å². The standard InChI is InChI=1S/C14H8F2N2O/c15-11-2-1-3-12(16)13(11)18-14(19)10-6-4-9(8-17)5-7-10/h1-7H,(H,18,19). The first-order valence-corrected chi connectivity index (χ1v) is 5.37. The van der Waals surface area contributed by atoms with E-state index < -0.39 is 23.2 Å². The molecule has 0 unspecified atom stereocenters. The number of anilines is 1. The van der Waals surface area contributed by atoms with Gasteiger partial charge < -0.3 is 5.32 Å². The Morgan fingerprint density at radius 1 is 1.05 bits per heavy atom. The summed E-state index contributed by atoms with van der Waals surface area (Å²) >= 11 is 0. The molecule has 1 N–H and O–H groups in total. The average Bonchev–Trinajstić information content (AvgIpc) is 2.43. The summed E-state index contributed by atoms with van der Waals surface area (Å²) in [5.74, 6) is -2.34. The van der Waals surface area contributed by atoms with Crippen LogP contribution in [0.2, 0.25) is 0 Å². The predicted octanol–water partition coefficient (Wildman–Crippen LogP) is 3.09. The van der Waals surface area contributed by atoms with E-state index in [9.17, 15) is 13.6 Å². The van der Waals surface area contributed by atoms with Crippen molar-refractivity contribution in [2.24, 2.45) is 0 Å². The van der Waals surface area contributed by atoms with Gasteiger partial charge in [0, 0.05) is 5.56 Å². The van der Waals surface area contributed by atoms with Gasteiger partial charge in [-0.3, -0.25) is 4.79 Å². The quantitative estimate of drug-likeness (QED) is 0.899. The lowest BCUT2D eigenvalue weighted by atomic mass is 10.1. The third-order valence-electron chi connectivity index (χ3n) is 2.48. The minimum Gasteiger partial charge on any atom is -0.317 e. The van der Waals surface area contributed by atoms with E-state index in [2.05, 4.69) is 5.32 Å². The molecule has 5 heteroatoms. The molecule has 19 heavy (non-hydrogen) atoms. The monoisotopic (exact) mass is 258 g/mol. The number of hydrogen-bond acceptors (Lipinski definition) is 2. The van der Waals surface area contributed by atoms with Crippen molar-refractivity contribution in [3.63, 3.8) is 0 Å². The van der Waals surface area contributed by atoms with Gasteiger partial charge in [-0.2, -0.15) is 5.26 Å². The van der Waals surface area contributed by atoms with Crippen LogP contribution in [-0.2, 0) is 0 Å². The van der Waals surface area contributed by atoms with E-state index in [1.54, 1.807) is 0 Å². The van der Waals surface area contributed by atoms with Crippen molar-refractivity contribution in [1.29, 1.82) is 5.26 Å². The van der Waals surface area contributed by atoms with Crippen LogP contribution in [0.3, 0.4) is 0 Å². The number of nitrogens with zero attached hydrogens (tertiary/aromatic N) is 1. The molecule has 2 rings (SSSR count). The molecule has 1 amide bonds. The molecule has 0 aliphatic rings. The van der Waals surface area contributed by atoms with Gasteiger partial charge in [-0.1, -0.05) is 6.07 Å². The van der Waals surface area contributed by atoms with E-state index >= 15 is 0 Å². The number of halogens is 2. The minimum atomic E-state index is -0.845. The Hall–Kier alpha value is -2.74. The largest absolute Gasteiger partial charge is 0.317 e. The maximum atomic E-state index is 13.3. The lowest BCUT2D eigenvalue weighted by Gasteiger charge is -2.07. The van der Waals surface area contributed by atoms with Gasteiger partial charge in [-0.25, -0.2) is 8.78 Å². The Labute approximate surface area is 108 Å². The predicted molar refractivity (Wildman–Crippen MR) is 65.5 cm³/mol. The smallest absolute Gasteiger partial charge is 0.255 e. The Morgan fingerprint density at radius 3 is 2.16 bits per heavy atom. The third-order valence-corrected chi connectivity index (χ3v) is 2.48. The molecule has 0 radical (unpaired) electrons. The SMILES string of the molecule is N#Cc1ccc(C(=O)Nc2c(F)cccc2F)cc1. The van der Waals surface area contributed by atoms with Crippen LogP contribution in [0, 0.1) is 23.0 Å². The molecule has 0 saturated heterocycles. The Balaban J connectivity index is 2.23. The zero-order valence-electron chi connectivity index (χ0n) is 9.65. The third kappa shape index (κ3) is 2.75. The summed E-state index contributed by atoms with van der Waals surface area (Å²) in [5.41, 5.74) is 0.118. The number of nitriles is 1. The van der Waals surface area contributed by atoms with Crippen LogP contribution >= 0.6 is 0 Å². The van der Waals surface area contributed by atoms with Crippen LogP contribution in [0.4, 0.5) is 14.5 Å². The fourth-order valence-electron chi connectivity index (χ4n) is 1.50. The van der Waals surface area contributed by atoms with Crippen molar-refractivity contribution in [2.75, 3.05) is 5.32 Å². The van der Waals surface area contributed by atoms with Gasteiger partial charge >= 0.3 is 0 Å². The average molecular weight is 258 g/mol. The van der Waals surface area contributed by atoms with Crippen molar-refractivity contribution < 1.29 is 13.6 Å². The molecule has 0 heterocycles. The minimum absolute atomic E-state index is 0.210. The fourth-order valence-corrected chi connectivity index (χ4v) is 1.50. The van der Waals surface area contributed by atoms with Gasteiger partial charge in [0.05, 0.1) is 11.6 Å². The molecular formula is C14H8F2N2O. The zero-order valence-corrected chi connectivity index (χ0v) is 9.65. The van der Waals surface area contributed by atoms with Crippen molar-refractivity contribution in [2.45, 2.75) is 0 Å². The Morgan fingerprint density at radius 2 is 1.63 bits per heavy atom. The van der Waals surface area contributed by atoms with Crippen molar-refractivity contribution >= 4 is 11.6 Å². The number of rotatable bonds is 2. The maximum Gasteiger partial charge on any atom is 0.255 e. The van der Waals surface area contributed by atoms with Gasteiger partial charge in [0.15, 0.2) is 0 Å². The fraction of sp³-hybridized carbons (Fsp3) is 0. The van der Waals surface area contributed by atoms with E-state index in [4.69, 9.17) is 5.26 Å². The van der Waals surface area contributed by atoms with Gasteiger partial charge in [0.2, 0.25) is 0 Å². The second kappa shape index (κ2) is 5.27. The number of hydrogen-bond donors (Lipinski definition) is 1. The van der Waals surface area contributed by atoms with E-state index in [0.29, 0.717) is 5.56 Å². The summed E-state index contributed by atoms with van der Waals surface area (Å²) in [6, 6.07) is 10.9. The molecule has 2 aromatic carbocycles. The number of carbonyl (C=O) groups is 1. The van der Waals surface area contributed by atoms with Crippen molar-refractivity contribution in [1.82, 2.24) is 0 Å². The highest BCUT2D eigenvalue weighted by Crippen LogP contribution is 2.19. The van der Waals surface area contributed by atoms with E-state index in [1.807, 2.05) is 6.07 Å². The number of carbonyl (C=O) groups excluding carboxylic acids is 1. The van der Waals surface area contributed by atoms with Crippen molar-refractivity contribution in [3.8, 4) is 6.07 Å². The van der Waals surface area contributed by atoms with Crippen molar-refractivity contribution in [3.05, 3.63) is 65.2 Å². The lowest BCUT2D eigenvalue weighted by Crippen LogP contribution is -2.14. The van der Waals surface area contributed by atoms with E-state index in [0.717, 1.165) is 12.1 Å². The normalized spacial score (nSPS) is 9.74.